The normalized spacial score (nSPS) is 10.7. The fraction of sp³-hybridized carbons (Fsp3) is 0.133. The average molecular weight is 290 g/mol. The van der Waals surface area contributed by atoms with Crippen LogP contribution in [0.25, 0.3) is 0 Å². The second-order valence-corrected chi connectivity index (χ2v) is 5.37. The van der Waals surface area contributed by atoms with E-state index in [9.17, 15) is 4.79 Å². The van der Waals surface area contributed by atoms with Crippen LogP contribution >= 0.6 is 25.3 Å². The van der Waals surface area contributed by atoms with Crippen LogP contribution in [0.1, 0.15) is 23.5 Å². The first-order chi connectivity index (χ1) is 9.06. The molecule has 2 rings (SSSR count). The fourth-order valence-electron chi connectivity index (χ4n) is 2.09. The third-order valence-electron chi connectivity index (χ3n) is 2.92. The van der Waals surface area contributed by atoms with Crippen LogP contribution in [-0.2, 0) is 4.79 Å². The van der Waals surface area contributed by atoms with Crippen LogP contribution in [0.15, 0.2) is 58.3 Å². The highest BCUT2D eigenvalue weighted by Crippen LogP contribution is 2.30. The Morgan fingerprint density at radius 3 is 1.84 bits per heavy atom. The maximum absolute atomic E-state index is 11.1. The van der Waals surface area contributed by atoms with E-state index in [2.05, 4.69) is 25.3 Å². The molecule has 0 saturated heterocycles. The Morgan fingerprint density at radius 2 is 1.47 bits per heavy atom. The molecule has 0 aliphatic carbocycles. The lowest BCUT2D eigenvalue weighted by Gasteiger charge is -2.16. The minimum absolute atomic E-state index is 0.0501. The molecule has 0 aliphatic rings. The Kier molecular flexibility index (Phi) is 4.56. The summed E-state index contributed by atoms with van der Waals surface area (Å²) in [6.07, 6.45) is 0.0501. The summed E-state index contributed by atoms with van der Waals surface area (Å²) < 4.78 is 0. The molecule has 0 heterocycles. The van der Waals surface area contributed by atoms with Crippen molar-refractivity contribution in [3.63, 3.8) is 0 Å². The maximum atomic E-state index is 11.1. The molecule has 0 bridgehead atoms. The van der Waals surface area contributed by atoms with Gasteiger partial charge in [-0.2, -0.15) is 0 Å². The van der Waals surface area contributed by atoms with Gasteiger partial charge in [-0.1, -0.05) is 24.3 Å². The molecule has 1 N–H and O–H groups in total. The zero-order valence-electron chi connectivity index (χ0n) is 10.2. The van der Waals surface area contributed by atoms with Crippen LogP contribution in [0.3, 0.4) is 0 Å². The highest BCUT2D eigenvalue weighted by molar-refractivity contribution is 7.80. The Bertz CT molecular complexity index is 551. The molecule has 98 valence electrons. The largest absolute Gasteiger partial charge is 0.481 e. The minimum Gasteiger partial charge on any atom is -0.481 e. The molecular formula is C15H14O2S2. The molecule has 0 fully saturated rings. The third-order valence-corrected chi connectivity index (χ3v) is 3.48. The van der Waals surface area contributed by atoms with Gasteiger partial charge in [0.2, 0.25) is 0 Å². The van der Waals surface area contributed by atoms with E-state index in [1.165, 1.54) is 0 Å². The lowest BCUT2D eigenvalue weighted by atomic mass is 9.88. The van der Waals surface area contributed by atoms with Gasteiger partial charge >= 0.3 is 5.97 Å². The molecule has 0 amide bonds. The number of carboxylic acids is 1. The van der Waals surface area contributed by atoms with E-state index < -0.39 is 5.97 Å². The van der Waals surface area contributed by atoms with Gasteiger partial charge in [0, 0.05) is 15.7 Å². The van der Waals surface area contributed by atoms with Crippen molar-refractivity contribution in [3.8, 4) is 0 Å². The zero-order valence-corrected chi connectivity index (χ0v) is 11.9. The summed E-state index contributed by atoms with van der Waals surface area (Å²) >= 11 is 8.62. The molecule has 0 aromatic heterocycles. The van der Waals surface area contributed by atoms with Gasteiger partial charge in [-0.3, -0.25) is 4.79 Å². The lowest BCUT2D eigenvalue weighted by molar-refractivity contribution is -0.137. The number of hydrogen-bond donors (Lipinski definition) is 3. The summed E-state index contributed by atoms with van der Waals surface area (Å²) in [6.45, 7) is 0. The zero-order chi connectivity index (χ0) is 13.8. The molecule has 2 aromatic rings. The molecule has 0 atom stereocenters. The Hall–Kier alpha value is -1.39. The van der Waals surface area contributed by atoms with Gasteiger partial charge in [0.25, 0.3) is 0 Å². The first kappa shape index (κ1) is 14.0. The van der Waals surface area contributed by atoms with Gasteiger partial charge in [-0.25, -0.2) is 0 Å². The maximum Gasteiger partial charge on any atom is 0.304 e. The minimum atomic E-state index is -0.820. The summed E-state index contributed by atoms with van der Waals surface area (Å²) in [5.74, 6) is -1.00. The summed E-state index contributed by atoms with van der Waals surface area (Å²) in [4.78, 5) is 12.7. The van der Waals surface area contributed by atoms with E-state index in [1.807, 2.05) is 48.5 Å². The van der Waals surface area contributed by atoms with Crippen molar-refractivity contribution in [1.82, 2.24) is 0 Å². The van der Waals surface area contributed by atoms with Crippen LogP contribution in [0.5, 0.6) is 0 Å². The molecule has 0 saturated carbocycles. The molecule has 0 unspecified atom stereocenters. The Labute approximate surface area is 123 Å². The number of carboxylic acid groups (broad SMARTS) is 1. The summed E-state index contributed by atoms with van der Waals surface area (Å²) in [6, 6.07) is 15.2. The number of rotatable bonds is 4. The van der Waals surface area contributed by atoms with Crippen LogP contribution in [0.2, 0.25) is 0 Å². The summed E-state index contributed by atoms with van der Waals surface area (Å²) in [5, 5.41) is 9.11. The quantitative estimate of drug-likeness (QED) is 0.748. The van der Waals surface area contributed by atoms with E-state index in [1.54, 1.807) is 0 Å². The fourth-order valence-corrected chi connectivity index (χ4v) is 2.56. The van der Waals surface area contributed by atoms with Crippen molar-refractivity contribution >= 4 is 31.2 Å². The molecule has 0 radical (unpaired) electrons. The van der Waals surface area contributed by atoms with Crippen molar-refractivity contribution in [3.05, 3.63) is 59.7 Å². The monoisotopic (exact) mass is 290 g/mol. The number of thiol groups is 2. The first-order valence-corrected chi connectivity index (χ1v) is 6.75. The van der Waals surface area contributed by atoms with Gasteiger partial charge in [-0.05, 0) is 35.4 Å². The summed E-state index contributed by atoms with van der Waals surface area (Å²) in [7, 11) is 0. The van der Waals surface area contributed by atoms with Crippen LogP contribution in [0.4, 0.5) is 0 Å². The second-order valence-electron chi connectivity index (χ2n) is 4.34. The van der Waals surface area contributed by atoms with Gasteiger partial charge in [-0.15, -0.1) is 25.3 Å². The highest BCUT2D eigenvalue weighted by atomic mass is 32.1. The van der Waals surface area contributed by atoms with E-state index >= 15 is 0 Å². The number of hydrogen-bond acceptors (Lipinski definition) is 3. The lowest BCUT2D eigenvalue weighted by Crippen LogP contribution is -2.08. The van der Waals surface area contributed by atoms with Crippen molar-refractivity contribution in [2.24, 2.45) is 0 Å². The molecule has 2 nitrogen and oxygen atoms in total. The van der Waals surface area contributed by atoms with Crippen molar-refractivity contribution in [2.45, 2.75) is 22.1 Å². The van der Waals surface area contributed by atoms with E-state index in [0.717, 1.165) is 20.9 Å². The third kappa shape index (κ3) is 3.78. The van der Waals surface area contributed by atoms with Crippen LogP contribution in [-0.4, -0.2) is 11.1 Å². The average Bonchev–Trinajstić information content (AvgIpc) is 2.35. The smallest absolute Gasteiger partial charge is 0.304 e. The molecule has 0 aliphatic heterocycles. The predicted molar refractivity (Wildman–Crippen MR) is 81.5 cm³/mol. The van der Waals surface area contributed by atoms with Gasteiger partial charge in [0.1, 0.15) is 0 Å². The van der Waals surface area contributed by atoms with Crippen LogP contribution in [0, 0.1) is 0 Å². The van der Waals surface area contributed by atoms with Crippen molar-refractivity contribution < 1.29 is 9.90 Å². The second kappa shape index (κ2) is 6.17. The standard InChI is InChI=1S/C15H14O2S2/c16-15(17)9-14(10-3-1-5-12(18)7-10)11-4-2-6-13(19)8-11/h1-8,14,18-19H,9H2,(H,16,17). The topological polar surface area (TPSA) is 37.3 Å². The molecular weight excluding hydrogens is 276 g/mol. The highest BCUT2D eigenvalue weighted by Gasteiger charge is 2.18. The molecule has 0 spiro atoms. The molecule has 19 heavy (non-hydrogen) atoms. The van der Waals surface area contributed by atoms with Gasteiger partial charge in [0.15, 0.2) is 0 Å². The molecule has 2 aromatic carbocycles. The number of aliphatic carboxylic acids is 1. The SMILES string of the molecule is O=C(O)CC(c1cccc(S)c1)c1cccc(S)c1. The first-order valence-electron chi connectivity index (χ1n) is 5.86. The van der Waals surface area contributed by atoms with Crippen LogP contribution < -0.4 is 0 Å². The van der Waals surface area contributed by atoms with Gasteiger partial charge < -0.3 is 5.11 Å². The molecule has 4 heteroatoms. The van der Waals surface area contributed by atoms with Gasteiger partial charge in [0.05, 0.1) is 6.42 Å². The number of carbonyl (C=O) groups is 1. The Morgan fingerprint density at radius 1 is 1.00 bits per heavy atom. The van der Waals surface area contributed by atoms with Crippen molar-refractivity contribution in [2.75, 3.05) is 0 Å². The van der Waals surface area contributed by atoms with Crippen molar-refractivity contribution in [1.29, 1.82) is 0 Å². The van der Waals surface area contributed by atoms with E-state index in [-0.39, 0.29) is 12.3 Å². The Balaban J connectivity index is 2.44. The predicted octanol–water partition coefficient (Wildman–Crippen LogP) is 3.87. The van der Waals surface area contributed by atoms with E-state index in [0.29, 0.717) is 0 Å². The number of benzene rings is 2. The van der Waals surface area contributed by atoms with E-state index in [4.69, 9.17) is 5.11 Å². The summed E-state index contributed by atoms with van der Waals surface area (Å²) in [5.41, 5.74) is 1.91.